The number of benzene rings is 1. The van der Waals surface area contributed by atoms with Crippen molar-refractivity contribution in [3.63, 3.8) is 0 Å². The number of hydrogen-bond donors (Lipinski definition) is 1. The van der Waals surface area contributed by atoms with Crippen molar-refractivity contribution < 1.29 is 22.4 Å². The van der Waals surface area contributed by atoms with Crippen molar-refractivity contribution in [2.45, 2.75) is 18.4 Å². The number of morpholine rings is 1. The number of nitrogens with zero attached hydrogens (tertiary/aromatic N) is 2. The molecule has 1 saturated heterocycles. The number of amides is 1. The van der Waals surface area contributed by atoms with E-state index in [0.717, 1.165) is 10.7 Å². The van der Waals surface area contributed by atoms with Crippen LogP contribution in [-0.4, -0.2) is 49.9 Å². The maximum Gasteiger partial charge on any atom is 0.251 e. The second-order valence-corrected chi connectivity index (χ2v) is 9.74. The summed E-state index contributed by atoms with van der Waals surface area (Å²) in [4.78, 5) is 17.0. The van der Waals surface area contributed by atoms with Crippen molar-refractivity contribution in [3.05, 3.63) is 58.1 Å². The zero-order valence-corrected chi connectivity index (χ0v) is 18.0. The molecule has 0 radical (unpaired) electrons. The van der Waals surface area contributed by atoms with Crippen molar-refractivity contribution in [3.8, 4) is 11.5 Å². The van der Waals surface area contributed by atoms with Crippen LogP contribution in [0, 0.1) is 6.92 Å². The summed E-state index contributed by atoms with van der Waals surface area (Å²) in [5.74, 6) is 0.847. The standard InChI is InChI=1S/C20H21N3O5S2/c1-14-22-18(13-29-14)19-6-5-16(28-19)12-21-20(24)15-3-2-4-17(11-15)30(25,26)23-7-9-27-10-8-23/h2-6,11,13H,7-10,12H2,1H3,(H,21,24). The highest BCUT2D eigenvalue weighted by Gasteiger charge is 2.26. The summed E-state index contributed by atoms with van der Waals surface area (Å²) in [6.45, 7) is 3.44. The average Bonchev–Trinajstić information content (AvgIpc) is 3.41. The van der Waals surface area contributed by atoms with E-state index in [2.05, 4.69) is 10.3 Å². The Morgan fingerprint density at radius 1 is 1.23 bits per heavy atom. The number of furan rings is 1. The Bertz CT molecular complexity index is 1150. The number of carbonyl (C=O) groups excluding carboxylic acids is 1. The first-order valence-electron chi connectivity index (χ1n) is 9.41. The Morgan fingerprint density at radius 2 is 2.03 bits per heavy atom. The van der Waals surface area contributed by atoms with Crippen molar-refractivity contribution >= 4 is 27.3 Å². The fourth-order valence-electron chi connectivity index (χ4n) is 3.09. The quantitative estimate of drug-likeness (QED) is 0.623. The predicted molar refractivity (Wildman–Crippen MR) is 112 cm³/mol. The summed E-state index contributed by atoms with van der Waals surface area (Å²) >= 11 is 1.54. The molecule has 10 heteroatoms. The lowest BCUT2D eigenvalue weighted by molar-refractivity contribution is 0.0730. The summed E-state index contributed by atoms with van der Waals surface area (Å²) in [5, 5.41) is 5.63. The molecule has 30 heavy (non-hydrogen) atoms. The third-order valence-corrected chi connectivity index (χ3v) is 7.33. The van der Waals surface area contributed by atoms with Crippen LogP contribution in [-0.2, 0) is 21.3 Å². The van der Waals surface area contributed by atoms with Crippen LogP contribution in [0.5, 0.6) is 0 Å². The summed E-state index contributed by atoms with van der Waals surface area (Å²) < 4.78 is 37.9. The highest BCUT2D eigenvalue weighted by molar-refractivity contribution is 7.89. The number of thiazole rings is 1. The summed E-state index contributed by atoms with van der Waals surface area (Å²) in [7, 11) is -3.66. The molecular weight excluding hydrogens is 426 g/mol. The molecule has 1 aliphatic heterocycles. The molecule has 8 nitrogen and oxygen atoms in total. The zero-order valence-electron chi connectivity index (χ0n) is 16.3. The first kappa shape index (κ1) is 20.7. The van der Waals surface area contributed by atoms with Gasteiger partial charge in [-0.2, -0.15) is 4.31 Å². The second-order valence-electron chi connectivity index (χ2n) is 6.74. The Morgan fingerprint density at radius 3 is 2.77 bits per heavy atom. The van der Waals surface area contributed by atoms with Gasteiger partial charge in [0.15, 0.2) is 5.76 Å². The second kappa shape index (κ2) is 8.68. The molecule has 0 spiro atoms. The smallest absolute Gasteiger partial charge is 0.251 e. The third kappa shape index (κ3) is 4.46. The fraction of sp³-hybridized carbons (Fsp3) is 0.300. The van der Waals surface area contributed by atoms with Crippen LogP contribution >= 0.6 is 11.3 Å². The fourth-order valence-corrected chi connectivity index (χ4v) is 5.15. The van der Waals surface area contributed by atoms with Crippen LogP contribution < -0.4 is 5.32 Å². The summed E-state index contributed by atoms with van der Waals surface area (Å²) in [6, 6.07) is 9.63. The van der Waals surface area contributed by atoms with E-state index in [1.165, 1.54) is 27.8 Å². The van der Waals surface area contributed by atoms with E-state index in [1.807, 2.05) is 18.4 Å². The first-order chi connectivity index (χ1) is 14.4. The van der Waals surface area contributed by atoms with Gasteiger partial charge in [0.25, 0.3) is 5.91 Å². The number of sulfonamides is 1. The van der Waals surface area contributed by atoms with Gasteiger partial charge in [0.2, 0.25) is 10.0 Å². The molecule has 3 aromatic rings. The first-order valence-corrected chi connectivity index (χ1v) is 11.7. The van der Waals surface area contributed by atoms with Gasteiger partial charge in [0.1, 0.15) is 11.5 Å². The lowest BCUT2D eigenvalue weighted by atomic mass is 10.2. The van der Waals surface area contributed by atoms with Crippen LogP contribution in [0.1, 0.15) is 21.1 Å². The van der Waals surface area contributed by atoms with E-state index in [0.29, 0.717) is 37.8 Å². The van der Waals surface area contributed by atoms with Gasteiger partial charge in [0.05, 0.1) is 29.7 Å². The highest BCUT2D eigenvalue weighted by atomic mass is 32.2. The van der Waals surface area contributed by atoms with Gasteiger partial charge in [-0.25, -0.2) is 13.4 Å². The molecule has 0 saturated carbocycles. The molecule has 0 atom stereocenters. The van der Waals surface area contributed by atoms with E-state index in [1.54, 1.807) is 18.2 Å². The van der Waals surface area contributed by atoms with E-state index in [-0.39, 0.29) is 22.9 Å². The molecule has 1 amide bonds. The molecule has 158 valence electrons. The van der Waals surface area contributed by atoms with Crippen LogP contribution in [0.2, 0.25) is 0 Å². The van der Waals surface area contributed by atoms with E-state index >= 15 is 0 Å². The maximum absolute atomic E-state index is 12.8. The Hall–Kier alpha value is -2.53. The van der Waals surface area contributed by atoms with Crippen LogP contribution in [0.25, 0.3) is 11.5 Å². The van der Waals surface area contributed by atoms with Gasteiger partial charge >= 0.3 is 0 Å². The minimum atomic E-state index is -3.66. The molecule has 4 rings (SSSR count). The van der Waals surface area contributed by atoms with Crippen molar-refractivity contribution in [2.24, 2.45) is 0 Å². The lowest BCUT2D eigenvalue weighted by Gasteiger charge is -2.26. The summed E-state index contributed by atoms with van der Waals surface area (Å²) in [6.07, 6.45) is 0. The molecule has 3 heterocycles. The minimum absolute atomic E-state index is 0.0937. The molecule has 1 N–H and O–H groups in total. The van der Waals surface area contributed by atoms with Crippen LogP contribution in [0.15, 0.2) is 51.1 Å². The van der Waals surface area contributed by atoms with Gasteiger partial charge < -0.3 is 14.5 Å². The van der Waals surface area contributed by atoms with Gasteiger partial charge in [-0.05, 0) is 37.3 Å². The van der Waals surface area contributed by atoms with Crippen molar-refractivity contribution in [1.82, 2.24) is 14.6 Å². The highest BCUT2D eigenvalue weighted by Crippen LogP contribution is 2.24. The number of aryl methyl sites for hydroxylation is 1. The number of ether oxygens (including phenoxy) is 1. The zero-order chi connectivity index (χ0) is 21.1. The van der Waals surface area contributed by atoms with Crippen LogP contribution in [0.4, 0.5) is 0 Å². The van der Waals surface area contributed by atoms with Crippen molar-refractivity contribution in [2.75, 3.05) is 26.3 Å². The lowest BCUT2D eigenvalue weighted by Crippen LogP contribution is -2.40. The molecule has 0 aliphatic carbocycles. The van der Waals surface area contributed by atoms with Gasteiger partial charge in [0, 0.05) is 24.0 Å². The van der Waals surface area contributed by atoms with Gasteiger partial charge in [-0.3, -0.25) is 4.79 Å². The predicted octanol–water partition coefficient (Wildman–Crippen LogP) is 2.66. The third-order valence-electron chi connectivity index (χ3n) is 4.66. The largest absolute Gasteiger partial charge is 0.458 e. The topological polar surface area (TPSA) is 102 Å². The normalized spacial score (nSPS) is 15.2. The molecular formula is C20H21N3O5S2. The molecule has 2 aromatic heterocycles. The molecule has 1 aliphatic rings. The molecule has 0 bridgehead atoms. The Labute approximate surface area is 178 Å². The Kier molecular flexibility index (Phi) is 6.00. The maximum atomic E-state index is 12.8. The number of hydrogen-bond acceptors (Lipinski definition) is 7. The molecule has 1 aromatic carbocycles. The van der Waals surface area contributed by atoms with E-state index in [4.69, 9.17) is 9.15 Å². The molecule has 0 unspecified atom stereocenters. The monoisotopic (exact) mass is 447 g/mol. The Balaban J connectivity index is 1.43. The van der Waals surface area contributed by atoms with Gasteiger partial charge in [-0.1, -0.05) is 6.07 Å². The molecule has 1 fully saturated rings. The van der Waals surface area contributed by atoms with Gasteiger partial charge in [-0.15, -0.1) is 11.3 Å². The minimum Gasteiger partial charge on any atom is -0.458 e. The summed E-state index contributed by atoms with van der Waals surface area (Å²) in [5.41, 5.74) is 1.03. The van der Waals surface area contributed by atoms with Crippen molar-refractivity contribution in [1.29, 1.82) is 0 Å². The number of carbonyl (C=O) groups is 1. The average molecular weight is 448 g/mol. The van der Waals surface area contributed by atoms with Crippen LogP contribution in [0.3, 0.4) is 0 Å². The SMILES string of the molecule is Cc1nc(-c2ccc(CNC(=O)c3cccc(S(=O)(=O)N4CCOCC4)c3)o2)cs1. The number of aromatic nitrogens is 1. The number of nitrogens with one attached hydrogen (secondary N) is 1. The number of rotatable bonds is 6. The van der Waals surface area contributed by atoms with E-state index < -0.39 is 10.0 Å². The van der Waals surface area contributed by atoms with E-state index in [9.17, 15) is 13.2 Å².